The Morgan fingerprint density at radius 3 is 2.52 bits per heavy atom. The maximum absolute atomic E-state index is 13.0. The second-order valence-electron chi connectivity index (χ2n) is 6.46. The number of aromatic nitrogens is 2. The molecule has 0 aliphatic carbocycles. The van der Waals surface area contributed by atoms with Gasteiger partial charge in [-0.2, -0.15) is 4.98 Å². The first-order valence-corrected chi connectivity index (χ1v) is 8.99. The molecule has 3 rings (SSSR count). The molecule has 0 spiro atoms. The standard InChI is InChI=1S/C21H22FN3O2/c1-3-18(15-6-4-14(2)5-7-15)23-19(26)12-13-20-24-21(25-27-20)16-8-10-17(22)11-9-16/h4-11,18H,3,12-13H2,1-2H3,(H,23,26)/t18-/m1/s1. The smallest absolute Gasteiger partial charge is 0.227 e. The molecule has 0 saturated heterocycles. The number of carbonyl (C=O) groups excluding carboxylic acids is 1. The largest absolute Gasteiger partial charge is 0.349 e. The van der Waals surface area contributed by atoms with Crippen LogP contribution in [0.5, 0.6) is 0 Å². The quantitative estimate of drug-likeness (QED) is 0.673. The van der Waals surface area contributed by atoms with Crippen LogP contribution in [0.25, 0.3) is 11.4 Å². The van der Waals surface area contributed by atoms with Crippen molar-refractivity contribution in [3.63, 3.8) is 0 Å². The summed E-state index contributed by atoms with van der Waals surface area (Å²) in [5.74, 6) is 0.381. The van der Waals surface area contributed by atoms with Crippen molar-refractivity contribution in [1.29, 1.82) is 0 Å². The van der Waals surface area contributed by atoms with E-state index in [9.17, 15) is 9.18 Å². The number of hydrogen-bond acceptors (Lipinski definition) is 4. The molecule has 1 heterocycles. The van der Waals surface area contributed by atoms with Gasteiger partial charge < -0.3 is 9.84 Å². The average molecular weight is 367 g/mol. The molecule has 3 aromatic rings. The number of carbonyl (C=O) groups is 1. The van der Waals surface area contributed by atoms with Crippen LogP contribution in [-0.2, 0) is 11.2 Å². The van der Waals surface area contributed by atoms with Crippen LogP contribution in [-0.4, -0.2) is 16.0 Å². The summed E-state index contributed by atoms with van der Waals surface area (Å²) in [6, 6.07) is 14.0. The minimum absolute atomic E-state index is 0.0180. The van der Waals surface area contributed by atoms with Gasteiger partial charge in [-0.15, -0.1) is 0 Å². The zero-order valence-corrected chi connectivity index (χ0v) is 15.4. The molecule has 27 heavy (non-hydrogen) atoms. The van der Waals surface area contributed by atoms with Crippen LogP contribution < -0.4 is 5.32 Å². The van der Waals surface area contributed by atoms with Crippen molar-refractivity contribution in [3.05, 3.63) is 71.4 Å². The van der Waals surface area contributed by atoms with Crippen molar-refractivity contribution in [2.24, 2.45) is 0 Å². The average Bonchev–Trinajstić information content (AvgIpc) is 3.15. The lowest BCUT2D eigenvalue weighted by Gasteiger charge is -2.17. The summed E-state index contributed by atoms with van der Waals surface area (Å²) < 4.78 is 18.2. The van der Waals surface area contributed by atoms with Crippen molar-refractivity contribution in [3.8, 4) is 11.4 Å². The second kappa shape index (κ2) is 8.58. The first-order chi connectivity index (χ1) is 13.0. The Hall–Kier alpha value is -3.02. The van der Waals surface area contributed by atoms with Gasteiger partial charge >= 0.3 is 0 Å². The Bertz CT molecular complexity index is 889. The minimum Gasteiger partial charge on any atom is -0.349 e. The molecule has 5 nitrogen and oxygen atoms in total. The van der Waals surface area contributed by atoms with E-state index in [0.29, 0.717) is 23.7 Å². The minimum atomic E-state index is -0.321. The number of amides is 1. The van der Waals surface area contributed by atoms with Gasteiger partial charge in [0, 0.05) is 18.4 Å². The van der Waals surface area contributed by atoms with Crippen molar-refractivity contribution in [2.45, 2.75) is 39.2 Å². The van der Waals surface area contributed by atoms with Gasteiger partial charge in [-0.3, -0.25) is 4.79 Å². The molecule has 0 radical (unpaired) electrons. The molecule has 6 heteroatoms. The highest BCUT2D eigenvalue weighted by atomic mass is 19.1. The van der Waals surface area contributed by atoms with Gasteiger partial charge in [-0.1, -0.05) is 41.9 Å². The van der Waals surface area contributed by atoms with E-state index in [1.807, 2.05) is 38.1 Å². The van der Waals surface area contributed by atoms with E-state index in [1.54, 1.807) is 12.1 Å². The maximum Gasteiger partial charge on any atom is 0.227 e. The highest BCUT2D eigenvalue weighted by Crippen LogP contribution is 2.18. The van der Waals surface area contributed by atoms with Crippen LogP contribution in [0, 0.1) is 12.7 Å². The highest BCUT2D eigenvalue weighted by molar-refractivity contribution is 5.76. The molecule has 0 fully saturated rings. The van der Waals surface area contributed by atoms with Crippen LogP contribution in [0.2, 0.25) is 0 Å². The summed E-state index contributed by atoms with van der Waals surface area (Å²) >= 11 is 0. The number of rotatable bonds is 7. The van der Waals surface area contributed by atoms with Crippen LogP contribution in [0.4, 0.5) is 4.39 Å². The summed E-state index contributed by atoms with van der Waals surface area (Å²) in [5, 5.41) is 6.93. The third-order valence-electron chi connectivity index (χ3n) is 4.36. The summed E-state index contributed by atoms with van der Waals surface area (Å²) in [6.45, 7) is 4.08. The van der Waals surface area contributed by atoms with Crippen molar-refractivity contribution >= 4 is 5.91 Å². The predicted molar refractivity (Wildman–Crippen MR) is 100 cm³/mol. The summed E-state index contributed by atoms with van der Waals surface area (Å²) in [4.78, 5) is 16.6. The fourth-order valence-corrected chi connectivity index (χ4v) is 2.78. The Morgan fingerprint density at radius 1 is 1.15 bits per heavy atom. The van der Waals surface area contributed by atoms with Crippen molar-refractivity contribution in [1.82, 2.24) is 15.5 Å². The number of aryl methyl sites for hydroxylation is 2. The Labute approximate surface area is 157 Å². The van der Waals surface area contributed by atoms with E-state index >= 15 is 0 Å². The van der Waals surface area contributed by atoms with Crippen LogP contribution >= 0.6 is 0 Å². The zero-order valence-electron chi connectivity index (χ0n) is 15.4. The first-order valence-electron chi connectivity index (χ1n) is 8.99. The van der Waals surface area contributed by atoms with E-state index in [2.05, 4.69) is 15.5 Å². The van der Waals surface area contributed by atoms with E-state index in [1.165, 1.54) is 17.7 Å². The van der Waals surface area contributed by atoms with Gasteiger partial charge in [0.1, 0.15) is 5.82 Å². The highest BCUT2D eigenvalue weighted by Gasteiger charge is 2.15. The lowest BCUT2D eigenvalue weighted by molar-refractivity contribution is -0.121. The molecular formula is C21H22FN3O2. The van der Waals surface area contributed by atoms with Gasteiger partial charge in [-0.25, -0.2) is 4.39 Å². The monoisotopic (exact) mass is 367 g/mol. The van der Waals surface area contributed by atoms with E-state index in [-0.39, 0.29) is 24.2 Å². The molecular weight excluding hydrogens is 345 g/mol. The summed E-state index contributed by atoms with van der Waals surface area (Å²) in [6.07, 6.45) is 1.42. The van der Waals surface area contributed by atoms with Crippen LogP contribution in [0.15, 0.2) is 53.1 Å². The molecule has 1 amide bonds. The summed E-state index contributed by atoms with van der Waals surface area (Å²) in [7, 11) is 0. The van der Waals surface area contributed by atoms with E-state index in [0.717, 1.165) is 12.0 Å². The van der Waals surface area contributed by atoms with Gasteiger partial charge in [0.05, 0.1) is 6.04 Å². The zero-order chi connectivity index (χ0) is 19.2. The lowest BCUT2D eigenvalue weighted by atomic mass is 10.0. The molecule has 2 aromatic carbocycles. The van der Waals surface area contributed by atoms with Gasteiger partial charge in [0.2, 0.25) is 17.6 Å². The third kappa shape index (κ3) is 5.00. The lowest BCUT2D eigenvalue weighted by Crippen LogP contribution is -2.28. The second-order valence-corrected chi connectivity index (χ2v) is 6.46. The third-order valence-corrected chi connectivity index (χ3v) is 4.36. The molecule has 0 unspecified atom stereocenters. The first kappa shape index (κ1) is 18.8. The Balaban J connectivity index is 1.55. The van der Waals surface area contributed by atoms with Crippen molar-refractivity contribution in [2.75, 3.05) is 0 Å². The topological polar surface area (TPSA) is 68.0 Å². The van der Waals surface area contributed by atoms with E-state index in [4.69, 9.17) is 4.52 Å². The van der Waals surface area contributed by atoms with Gasteiger partial charge in [-0.05, 0) is 43.2 Å². The molecule has 0 aliphatic rings. The number of benzene rings is 2. The fourth-order valence-electron chi connectivity index (χ4n) is 2.78. The molecule has 0 aliphatic heterocycles. The van der Waals surface area contributed by atoms with E-state index < -0.39 is 0 Å². The Kier molecular flexibility index (Phi) is 5.96. The summed E-state index contributed by atoms with van der Waals surface area (Å²) in [5.41, 5.74) is 2.95. The van der Waals surface area contributed by atoms with Crippen molar-refractivity contribution < 1.29 is 13.7 Å². The number of nitrogens with one attached hydrogen (secondary N) is 1. The predicted octanol–water partition coefficient (Wildman–Crippen LogP) is 4.38. The van der Waals surface area contributed by atoms with Crippen LogP contribution in [0.3, 0.4) is 0 Å². The molecule has 140 valence electrons. The molecule has 0 saturated carbocycles. The molecule has 1 aromatic heterocycles. The fraction of sp³-hybridized carbons (Fsp3) is 0.286. The molecule has 1 N–H and O–H groups in total. The number of hydrogen-bond donors (Lipinski definition) is 1. The molecule has 1 atom stereocenters. The number of halogens is 1. The SMILES string of the molecule is CC[C@@H](NC(=O)CCc1nc(-c2ccc(F)cc2)no1)c1ccc(C)cc1. The van der Waals surface area contributed by atoms with Crippen LogP contribution in [0.1, 0.15) is 42.8 Å². The van der Waals surface area contributed by atoms with Gasteiger partial charge in [0.25, 0.3) is 0 Å². The number of nitrogens with zero attached hydrogens (tertiary/aromatic N) is 2. The maximum atomic E-state index is 13.0. The Morgan fingerprint density at radius 2 is 1.85 bits per heavy atom. The van der Waals surface area contributed by atoms with Gasteiger partial charge in [0.15, 0.2) is 0 Å². The normalized spacial score (nSPS) is 12.0. The molecule has 0 bridgehead atoms.